The van der Waals surface area contributed by atoms with Crippen LogP contribution in [0.2, 0.25) is 5.02 Å². The van der Waals surface area contributed by atoms with Crippen LogP contribution in [0.4, 0.5) is 0 Å². The number of nitrogens with zero attached hydrogens (tertiary/aromatic N) is 1. The van der Waals surface area contributed by atoms with Crippen LogP contribution < -0.4 is 5.73 Å². The summed E-state index contributed by atoms with van der Waals surface area (Å²) in [5, 5.41) is 0.258. The maximum Gasteiger partial charge on any atom is 0.244 e. The highest BCUT2D eigenvalue weighted by molar-refractivity contribution is 7.89. The first-order valence-corrected chi connectivity index (χ1v) is 8.82. The summed E-state index contributed by atoms with van der Waals surface area (Å²) in [6, 6.07) is 5.02. The van der Waals surface area contributed by atoms with Crippen LogP contribution in [0.5, 0.6) is 0 Å². The first kappa shape index (κ1) is 15.8. The first-order valence-electron chi connectivity index (χ1n) is 7.01. The predicted octanol–water partition coefficient (Wildman–Crippen LogP) is 2.75. The van der Waals surface area contributed by atoms with Gasteiger partial charge in [0.15, 0.2) is 0 Å². The molecule has 4 nitrogen and oxygen atoms in total. The molecule has 6 heteroatoms. The lowest BCUT2D eigenvalue weighted by Gasteiger charge is -2.34. The van der Waals surface area contributed by atoms with Crippen LogP contribution in [-0.4, -0.2) is 25.3 Å². The summed E-state index contributed by atoms with van der Waals surface area (Å²) in [5.41, 5.74) is 6.38. The maximum atomic E-state index is 12.8. The van der Waals surface area contributed by atoms with E-state index >= 15 is 0 Å². The Hall–Kier alpha value is -0.620. The van der Waals surface area contributed by atoms with Gasteiger partial charge in [0, 0.05) is 19.1 Å². The molecule has 20 heavy (non-hydrogen) atoms. The fourth-order valence-corrected chi connectivity index (χ4v) is 5.02. The third kappa shape index (κ3) is 3.01. The summed E-state index contributed by atoms with van der Waals surface area (Å²) < 4.78 is 27.2. The Labute approximate surface area is 126 Å². The molecule has 1 aromatic carbocycles. The summed E-state index contributed by atoms with van der Waals surface area (Å²) in [7, 11) is -3.52. The van der Waals surface area contributed by atoms with Gasteiger partial charge in [-0.15, -0.1) is 0 Å². The second kappa shape index (κ2) is 6.43. The Morgan fingerprint density at radius 2 is 2.15 bits per heavy atom. The van der Waals surface area contributed by atoms with Gasteiger partial charge < -0.3 is 5.73 Å². The molecule has 112 valence electrons. The van der Waals surface area contributed by atoms with Crippen molar-refractivity contribution in [2.75, 3.05) is 6.54 Å². The summed E-state index contributed by atoms with van der Waals surface area (Å²) in [4.78, 5) is 0.191. The zero-order chi connectivity index (χ0) is 14.8. The minimum atomic E-state index is -3.52. The van der Waals surface area contributed by atoms with Crippen LogP contribution in [0.3, 0.4) is 0 Å². The minimum absolute atomic E-state index is 0.0824. The Balaban J connectivity index is 2.38. The molecule has 0 bridgehead atoms. The largest absolute Gasteiger partial charge is 0.326 e. The van der Waals surface area contributed by atoms with Crippen molar-refractivity contribution in [2.45, 2.75) is 50.1 Å². The van der Waals surface area contributed by atoms with Gasteiger partial charge in [-0.2, -0.15) is 4.31 Å². The Morgan fingerprint density at radius 1 is 1.40 bits per heavy atom. The Kier molecular flexibility index (Phi) is 5.07. The summed E-state index contributed by atoms with van der Waals surface area (Å²) >= 11 is 6.14. The van der Waals surface area contributed by atoms with E-state index in [4.69, 9.17) is 17.3 Å². The number of halogens is 1. The highest BCUT2D eigenvalue weighted by Gasteiger charge is 2.33. The molecule has 1 heterocycles. The molecule has 2 rings (SSSR count). The number of rotatable bonds is 4. The number of hydrogen-bond acceptors (Lipinski definition) is 3. The van der Waals surface area contributed by atoms with Crippen molar-refractivity contribution >= 4 is 21.6 Å². The molecule has 0 aromatic heterocycles. The molecule has 1 aliphatic heterocycles. The summed E-state index contributed by atoms with van der Waals surface area (Å²) in [5.74, 6) is 0. The highest BCUT2D eigenvalue weighted by atomic mass is 35.5. The number of piperidine rings is 1. The quantitative estimate of drug-likeness (QED) is 0.929. The van der Waals surface area contributed by atoms with Crippen molar-refractivity contribution in [2.24, 2.45) is 5.73 Å². The molecule has 0 radical (unpaired) electrons. The number of benzene rings is 1. The highest BCUT2D eigenvalue weighted by Crippen LogP contribution is 2.31. The Bertz CT molecular complexity index is 575. The van der Waals surface area contributed by atoms with E-state index in [1.165, 1.54) is 0 Å². The molecule has 1 saturated heterocycles. The molecular weight excluding hydrogens is 296 g/mol. The van der Waals surface area contributed by atoms with Crippen molar-refractivity contribution in [1.29, 1.82) is 0 Å². The van der Waals surface area contributed by atoms with Crippen LogP contribution in [0, 0.1) is 0 Å². The van der Waals surface area contributed by atoms with Crippen LogP contribution in [0.25, 0.3) is 0 Å². The molecular formula is C14H21ClN2O2S. The molecule has 0 spiro atoms. The lowest BCUT2D eigenvalue weighted by Crippen LogP contribution is -2.43. The second-order valence-corrected chi connectivity index (χ2v) is 7.41. The summed E-state index contributed by atoms with van der Waals surface area (Å²) in [6.07, 6.45) is 3.75. The number of hydrogen-bond donors (Lipinski definition) is 1. The van der Waals surface area contributed by atoms with E-state index in [2.05, 4.69) is 0 Å². The van der Waals surface area contributed by atoms with Gasteiger partial charge in [0.25, 0.3) is 0 Å². The molecule has 0 aliphatic carbocycles. The second-order valence-electron chi connectivity index (χ2n) is 5.14. The van der Waals surface area contributed by atoms with Crippen LogP contribution in [0.15, 0.2) is 23.1 Å². The van der Waals surface area contributed by atoms with Gasteiger partial charge >= 0.3 is 0 Å². The van der Waals surface area contributed by atoms with Crippen molar-refractivity contribution in [3.05, 3.63) is 28.8 Å². The van der Waals surface area contributed by atoms with Crippen LogP contribution in [-0.2, 0) is 16.6 Å². The third-order valence-electron chi connectivity index (χ3n) is 3.86. The van der Waals surface area contributed by atoms with E-state index in [9.17, 15) is 8.42 Å². The van der Waals surface area contributed by atoms with E-state index < -0.39 is 10.0 Å². The number of nitrogens with two attached hydrogens (primary N) is 1. The normalized spacial score (nSPS) is 21.1. The topological polar surface area (TPSA) is 63.4 Å². The first-order chi connectivity index (χ1) is 9.50. The van der Waals surface area contributed by atoms with Gasteiger partial charge in [0.2, 0.25) is 10.0 Å². The van der Waals surface area contributed by atoms with E-state index in [0.717, 1.165) is 31.2 Å². The molecule has 2 N–H and O–H groups in total. The van der Waals surface area contributed by atoms with Gasteiger partial charge in [0.1, 0.15) is 4.90 Å². The van der Waals surface area contributed by atoms with Crippen LogP contribution >= 0.6 is 11.6 Å². The van der Waals surface area contributed by atoms with Gasteiger partial charge in [-0.1, -0.05) is 31.0 Å². The SMILES string of the molecule is CCC1CCCCN1S(=O)(=O)c1ccc(CN)cc1Cl. The van der Waals surface area contributed by atoms with Gasteiger partial charge in [-0.3, -0.25) is 0 Å². The van der Waals surface area contributed by atoms with E-state index in [1.807, 2.05) is 6.92 Å². The fraction of sp³-hybridized carbons (Fsp3) is 0.571. The van der Waals surface area contributed by atoms with Gasteiger partial charge in [0.05, 0.1) is 5.02 Å². The maximum absolute atomic E-state index is 12.8. The molecule has 1 aliphatic rings. The average Bonchev–Trinajstić information content (AvgIpc) is 2.46. The monoisotopic (exact) mass is 316 g/mol. The van der Waals surface area contributed by atoms with Crippen molar-refractivity contribution in [1.82, 2.24) is 4.31 Å². The van der Waals surface area contributed by atoms with Crippen molar-refractivity contribution in [3.63, 3.8) is 0 Å². The van der Waals surface area contributed by atoms with Crippen molar-refractivity contribution in [3.8, 4) is 0 Å². The predicted molar refractivity (Wildman–Crippen MR) is 81.2 cm³/mol. The number of sulfonamides is 1. The third-order valence-corrected chi connectivity index (χ3v) is 6.30. The van der Waals surface area contributed by atoms with Gasteiger partial charge in [-0.25, -0.2) is 8.42 Å². The van der Waals surface area contributed by atoms with E-state index in [1.54, 1.807) is 22.5 Å². The average molecular weight is 317 g/mol. The molecule has 1 aromatic rings. The summed E-state index contributed by atoms with van der Waals surface area (Å²) in [6.45, 7) is 2.95. The zero-order valence-corrected chi connectivity index (χ0v) is 13.3. The lowest BCUT2D eigenvalue weighted by atomic mass is 10.0. The van der Waals surface area contributed by atoms with Crippen molar-refractivity contribution < 1.29 is 8.42 Å². The molecule has 1 fully saturated rings. The van der Waals surface area contributed by atoms with Crippen LogP contribution in [0.1, 0.15) is 38.2 Å². The molecule has 0 amide bonds. The van der Waals surface area contributed by atoms with E-state index in [-0.39, 0.29) is 16.0 Å². The standard InChI is InChI=1S/C14H21ClN2O2S/c1-2-12-5-3-4-8-17(12)20(18,19)14-7-6-11(10-16)9-13(14)15/h6-7,9,12H,2-5,8,10,16H2,1H3. The smallest absolute Gasteiger partial charge is 0.244 e. The Morgan fingerprint density at radius 3 is 2.75 bits per heavy atom. The lowest BCUT2D eigenvalue weighted by molar-refractivity contribution is 0.246. The fourth-order valence-electron chi connectivity index (χ4n) is 2.71. The van der Waals surface area contributed by atoms with Gasteiger partial charge in [-0.05, 0) is 37.0 Å². The molecule has 0 saturated carbocycles. The minimum Gasteiger partial charge on any atom is -0.326 e. The zero-order valence-electron chi connectivity index (χ0n) is 11.7. The molecule has 1 atom stereocenters. The molecule has 1 unspecified atom stereocenters. The van der Waals surface area contributed by atoms with E-state index in [0.29, 0.717) is 13.1 Å².